The van der Waals surface area contributed by atoms with Crippen molar-refractivity contribution >= 4 is 80.8 Å². The zero-order chi connectivity index (χ0) is 51.1. The quantitative estimate of drug-likeness (QED) is 0.0360. The number of aromatic nitrogens is 2. The van der Waals surface area contributed by atoms with Crippen LogP contribution in [0, 0.1) is 17.8 Å². The fourth-order valence-electron chi connectivity index (χ4n) is 8.09. The van der Waals surface area contributed by atoms with Gasteiger partial charge in [-0.1, -0.05) is 80.6 Å². The third-order valence-corrected chi connectivity index (χ3v) is 11.7. The van der Waals surface area contributed by atoms with Gasteiger partial charge >= 0.3 is 0 Å². The van der Waals surface area contributed by atoms with Crippen molar-refractivity contribution in [3.05, 3.63) is 114 Å². The molecule has 0 aliphatic carbocycles. The number of rotatable bonds is 26. The standard InChI is InChI=1S/C51H61N9O10/c1-28(2)18-40(57-49(68)35(27-61)23-44(63)29(3)56-30(4)62)45(64)22-32(20-33-25-54-38-16-10-8-14-36(33)38)48(67)59-43(24-46(52)65)51(70)60-42(21-34-26-55-39-17-11-9-15-37(34)39)50(69)58-41(47(53)66)19-31-12-6-5-7-13-31/h5-17,19,25-26,28-29,32,35,40,42-43,54-55,61H,18,20-24,27H2,1-4H3,(H2,52,65)(H2,53,66)(H,56,62)(H,57,68)(H,58,69)(H,59,67)(H,60,70)/b41-19+/t29-,32+,35-,40?,42-,43-/m0/s1. The number of primary amides is 2. The number of hydrogen-bond donors (Lipinski definition) is 10. The number of para-hydroxylation sites is 2. The van der Waals surface area contributed by atoms with Crippen LogP contribution < -0.4 is 38.1 Å². The molecule has 19 nitrogen and oxygen atoms in total. The number of fused-ring (bicyclic) bond motifs is 2. The first kappa shape index (κ1) is 53.0. The Labute approximate surface area is 404 Å². The molecule has 1 unspecified atom stereocenters. The van der Waals surface area contributed by atoms with Gasteiger partial charge in [0.25, 0.3) is 5.91 Å². The minimum atomic E-state index is -1.67. The molecule has 0 saturated heterocycles. The highest BCUT2D eigenvalue weighted by molar-refractivity contribution is 6.03. The lowest BCUT2D eigenvalue weighted by Crippen LogP contribution is -2.56. The fraction of sp³-hybridized carbons (Fsp3) is 0.353. The lowest BCUT2D eigenvalue weighted by atomic mass is 9.88. The minimum absolute atomic E-state index is 0.0567. The summed E-state index contributed by atoms with van der Waals surface area (Å²) in [4.78, 5) is 127. The van der Waals surface area contributed by atoms with Crippen LogP contribution in [0.2, 0.25) is 0 Å². The summed E-state index contributed by atoms with van der Waals surface area (Å²) in [5, 5.41) is 24.5. The number of ketones is 2. The van der Waals surface area contributed by atoms with E-state index in [4.69, 9.17) is 11.5 Å². The fourth-order valence-corrected chi connectivity index (χ4v) is 8.09. The molecule has 370 valence electrons. The van der Waals surface area contributed by atoms with Gasteiger partial charge in [-0.05, 0) is 60.6 Å². The van der Waals surface area contributed by atoms with E-state index in [1.165, 1.54) is 19.9 Å². The molecule has 0 fully saturated rings. The van der Waals surface area contributed by atoms with Crippen LogP contribution in [0.5, 0.6) is 0 Å². The Hall–Kier alpha value is -7.93. The molecule has 5 aromatic rings. The Morgan fingerprint density at radius 3 is 1.69 bits per heavy atom. The predicted molar refractivity (Wildman–Crippen MR) is 261 cm³/mol. The predicted octanol–water partition coefficient (Wildman–Crippen LogP) is 2.12. The topological polar surface area (TPSA) is 318 Å². The van der Waals surface area contributed by atoms with Gasteiger partial charge in [0.1, 0.15) is 17.8 Å². The van der Waals surface area contributed by atoms with Crippen LogP contribution in [-0.2, 0) is 56.0 Å². The Morgan fingerprint density at radius 1 is 0.600 bits per heavy atom. The van der Waals surface area contributed by atoms with Gasteiger partial charge in [0.05, 0.1) is 31.0 Å². The zero-order valence-electron chi connectivity index (χ0n) is 39.5. The van der Waals surface area contributed by atoms with E-state index >= 15 is 0 Å². The third-order valence-electron chi connectivity index (χ3n) is 11.7. The lowest BCUT2D eigenvalue weighted by molar-refractivity contribution is -0.136. The van der Waals surface area contributed by atoms with E-state index in [9.17, 15) is 48.3 Å². The first-order chi connectivity index (χ1) is 33.3. The van der Waals surface area contributed by atoms with Crippen molar-refractivity contribution in [1.29, 1.82) is 0 Å². The number of H-pyrrole nitrogens is 2. The number of aliphatic hydroxyl groups excluding tert-OH is 1. The highest BCUT2D eigenvalue weighted by atomic mass is 16.3. The van der Waals surface area contributed by atoms with Crippen molar-refractivity contribution in [3.8, 4) is 0 Å². The van der Waals surface area contributed by atoms with Crippen LogP contribution in [0.4, 0.5) is 0 Å². The van der Waals surface area contributed by atoms with Crippen molar-refractivity contribution in [2.75, 3.05) is 6.61 Å². The molecular formula is C51H61N9O10. The van der Waals surface area contributed by atoms with Crippen molar-refractivity contribution in [2.45, 2.75) is 90.4 Å². The number of nitrogens with two attached hydrogens (primary N) is 2. The maximum absolute atomic E-state index is 14.6. The monoisotopic (exact) mass is 959 g/mol. The second kappa shape index (κ2) is 24.9. The number of carbonyl (C=O) groups is 9. The van der Waals surface area contributed by atoms with Crippen LogP contribution in [0.15, 0.2) is 97.0 Å². The van der Waals surface area contributed by atoms with E-state index < -0.39 is 115 Å². The molecule has 0 saturated carbocycles. The maximum Gasteiger partial charge on any atom is 0.265 e. The molecule has 6 atom stereocenters. The van der Waals surface area contributed by atoms with Crippen LogP contribution in [0.3, 0.4) is 0 Å². The van der Waals surface area contributed by atoms with Crippen molar-refractivity contribution in [1.82, 2.24) is 36.6 Å². The van der Waals surface area contributed by atoms with E-state index in [0.29, 0.717) is 16.7 Å². The average Bonchev–Trinajstić information content (AvgIpc) is 3.92. The van der Waals surface area contributed by atoms with Crippen LogP contribution in [0.25, 0.3) is 27.9 Å². The molecule has 2 aromatic heterocycles. The van der Waals surface area contributed by atoms with Crippen LogP contribution in [-0.4, -0.2) is 98.8 Å². The molecule has 0 aliphatic rings. The van der Waals surface area contributed by atoms with Gasteiger partial charge in [-0.3, -0.25) is 43.2 Å². The van der Waals surface area contributed by atoms with Crippen LogP contribution >= 0.6 is 0 Å². The third kappa shape index (κ3) is 15.0. The molecule has 19 heteroatoms. The Balaban J connectivity index is 1.44. The molecule has 7 amide bonds. The van der Waals surface area contributed by atoms with Crippen molar-refractivity contribution in [2.24, 2.45) is 29.2 Å². The van der Waals surface area contributed by atoms with Gasteiger partial charge in [0.15, 0.2) is 11.6 Å². The number of amides is 7. The lowest BCUT2D eigenvalue weighted by Gasteiger charge is -2.26. The molecular weight excluding hydrogens is 899 g/mol. The number of Topliss-reactive ketones (excluding diaryl/α,β-unsaturated/α-hetero) is 2. The van der Waals surface area contributed by atoms with E-state index in [0.717, 1.165) is 21.8 Å². The summed E-state index contributed by atoms with van der Waals surface area (Å²) < 4.78 is 0. The number of carbonyl (C=O) groups excluding carboxylic acids is 9. The van der Waals surface area contributed by atoms with Crippen molar-refractivity contribution < 1.29 is 48.3 Å². The number of aliphatic hydroxyl groups is 1. The number of hydrogen-bond acceptors (Lipinski definition) is 10. The average molecular weight is 960 g/mol. The molecule has 0 spiro atoms. The smallest absolute Gasteiger partial charge is 0.265 e. The zero-order valence-corrected chi connectivity index (χ0v) is 39.5. The van der Waals surface area contributed by atoms with Gasteiger partial charge in [-0.25, -0.2) is 0 Å². The van der Waals surface area contributed by atoms with Crippen molar-refractivity contribution in [3.63, 3.8) is 0 Å². The Morgan fingerprint density at radius 2 is 1.13 bits per heavy atom. The van der Waals surface area contributed by atoms with Gasteiger partial charge in [0, 0.05) is 66.3 Å². The second-order valence-corrected chi connectivity index (χ2v) is 17.8. The van der Waals surface area contributed by atoms with E-state index in [1.807, 2.05) is 50.2 Å². The molecule has 70 heavy (non-hydrogen) atoms. The first-order valence-electron chi connectivity index (χ1n) is 22.9. The molecule has 0 bridgehead atoms. The van der Waals surface area contributed by atoms with E-state index in [1.54, 1.807) is 54.9 Å². The first-order valence-corrected chi connectivity index (χ1v) is 22.9. The summed E-state index contributed by atoms with van der Waals surface area (Å²) >= 11 is 0. The number of aromatic amines is 2. The summed E-state index contributed by atoms with van der Waals surface area (Å²) in [6.07, 6.45) is 3.01. The SMILES string of the molecule is CC(=O)N[C@@H](C)C(=O)C[C@@H](CO)C(=O)NC(CC(C)C)C(=O)C[C@@H](Cc1c[nH]c2ccccc12)C(=O)N[C@@H](CC(N)=O)C(=O)N[C@@H](Cc1c[nH]c2ccccc12)C(=O)N/C(=C/c1ccccc1)C(N)=O. The molecule has 3 aromatic carbocycles. The highest BCUT2D eigenvalue weighted by Gasteiger charge is 2.35. The summed E-state index contributed by atoms with van der Waals surface area (Å²) in [6.45, 7) is 5.59. The summed E-state index contributed by atoms with van der Waals surface area (Å²) in [7, 11) is 0. The number of nitrogens with one attached hydrogen (secondary N) is 7. The summed E-state index contributed by atoms with van der Waals surface area (Å²) in [5.74, 6) is -9.57. The summed E-state index contributed by atoms with van der Waals surface area (Å²) in [6, 6.07) is 17.9. The van der Waals surface area contributed by atoms with Gasteiger partial charge < -0.3 is 53.1 Å². The Kier molecular flexibility index (Phi) is 18.9. The highest BCUT2D eigenvalue weighted by Crippen LogP contribution is 2.25. The van der Waals surface area contributed by atoms with Crippen LogP contribution in [0.1, 0.15) is 70.1 Å². The Bertz CT molecular complexity index is 2740. The largest absolute Gasteiger partial charge is 0.396 e. The van der Waals surface area contributed by atoms with Gasteiger partial charge in [-0.15, -0.1) is 0 Å². The van der Waals surface area contributed by atoms with E-state index in [2.05, 4.69) is 36.6 Å². The molecule has 5 rings (SSSR count). The normalized spacial score (nSPS) is 14.1. The van der Waals surface area contributed by atoms with Gasteiger partial charge in [-0.2, -0.15) is 0 Å². The molecule has 12 N–H and O–H groups in total. The van der Waals surface area contributed by atoms with Gasteiger partial charge in [0.2, 0.25) is 35.4 Å². The molecule has 0 aliphatic heterocycles. The molecule has 2 heterocycles. The second-order valence-electron chi connectivity index (χ2n) is 17.8. The molecule has 0 radical (unpaired) electrons. The number of benzene rings is 3. The maximum atomic E-state index is 14.6. The minimum Gasteiger partial charge on any atom is -0.396 e. The summed E-state index contributed by atoms with van der Waals surface area (Å²) in [5.41, 5.74) is 14.3. The van der Waals surface area contributed by atoms with E-state index in [-0.39, 0.29) is 30.9 Å².